The minimum Gasteiger partial charge on any atom is -0.321 e. The molecule has 2 heterocycles. The SMILES string of the molecule is Cn1nccc1-c1cccc(NC(=O)c2cn(C3CCCC3)nn2)c1. The number of anilines is 1. The summed E-state index contributed by atoms with van der Waals surface area (Å²) in [6.45, 7) is 0. The maximum absolute atomic E-state index is 12.5. The maximum atomic E-state index is 12.5. The van der Waals surface area contributed by atoms with Crippen LogP contribution in [-0.2, 0) is 7.05 Å². The van der Waals surface area contributed by atoms with Crippen molar-refractivity contribution in [3.63, 3.8) is 0 Å². The van der Waals surface area contributed by atoms with E-state index in [2.05, 4.69) is 20.7 Å². The number of nitrogens with zero attached hydrogens (tertiary/aromatic N) is 5. The van der Waals surface area contributed by atoms with E-state index >= 15 is 0 Å². The van der Waals surface area contributed by atoms with Crippen molar-refractivity contribution >= 4 is 11.6 Å². The molecule has 4 rings (SSSR count). The summed E-state index contributed by atoms with van der Waals surface area (Å²) >= 11 is 0. The second-order valence-electron chi connectivity index (χ2n) is 6.40. The molecular weight excluding hydrogens is 316 g/mol. The van der Waals surface area contributed by atoms with E-state index in [0.29, 0.717) is 11.7 Å². The van der Waals surface area contributed by atoms with Gasteiger partial charge in [0.05, 0.1) is 17.9 Å². The van der Waals surface area contributed by atoms with Crippen LogP contribution in [0.25, 0.3) is 11.3 Å². The highest BCUT2D eigenvalue weighted by molar-refractivity contribution is 6.02. The molecule has 0 aliphatic heterocycles. The second-order valence-corrected chi connectivity index (χ2v) is 6.40. The number of benzene rings is 1. The molecule has 1 N–H and O–H groups in total. The number of hydrogen-bond acceptors (Lipinski definition) is 4. The first-order valence-electron chi connectivity index (χ1n) is 8.52. The molecule has 0 bridgehead atoms. The highest BCUT2D eigenvalue weighted by Crippen LogP contribution is 2.28. The Morgan fingerprint density at radius 3 is 2.84 bits per heavy atom. The molecule has 1 fully saturated rings. The number of rotatable bonds is 4. The van der Waals surface area contributed by atoms with Crippen LogP contribution in [0.15, 0.2) is 42.7 Å². The highest BCUT2D eigenvalue weighted by Gasteiger charge is 2.20. The summed E-state index contributed by atoms with van der Waals surface area (Å²) in [5.41, 5.74) is 3.05. The van der Waals surface area contributed by atoms with E-state index < -0.39 is 0 Å². The predicted molar refractivity (Wildman–Crippen MR) is 94.1 cm³/mol. The molecule has 1 aliphatic carbocycles. The van der Waals surface area contributed by atoms with Crippen LogP contribution in [0.5, 0.6) is 0 Å². The summed E-state index contributed by atoms with van der Waals surface area (Å²) in [6, 6.07) is 10.0. The van der Waals surface area contributed by atoms with Gasteiger partial charge in [-0.1, -0.05) is 30.2 Å². The molecular formula is C18H20N6O. The largest absolute Gasteiger partial charge is 0.321 e. The molecule has 3 aromatic rings. The van der Waals surface area contributed by atoms with E-state index in [0.717, 1.165) is 29.8 Å². The Bertz CT molecular complexity index is 890. The molecule has 2 aromatic heterocycles. The van der Waals surface area contributed by atoms with Crippen molar-refractivity contribution in [2.45, 2.75) is 31.7 Å². The van der Waals surface area contributed by atoms with Gasteiger partial charge in [-0.3, -0.25) is 9.48 Å². The molecule has 0 unspecified atom stereocenters. The van der Waals surface area contributed by atoms with Gasteiger partial charge in [0.1, 0.15) is 0 Å². The van der Waals surface area contributed by atoms with Gasteiger partial charge in [-0.15, -0.1) is 5.10 Å². The van der Waals surface area contributed by atoms with E-state index in [9.17, 15) is 4.79 Å². The lowest BCUT2D eigenvalue weighted by atomic mass is 10.1. The van der Waals surface area contributed by atoms with Crippen molar-refractivity contribution in [2.24, 2.45) is 7.05 Å². The third kappa shape index (κ3) is 3.17. The fourth-order valence-corrected chi connectivity index (χ4v) is 3.34. The molecule has 0 atom stereocenters. The van der Waals surface area contributed by atoms with Crippen molar-refractivity contribution < 1.29 is 4.79 Å². The highest BCUT2D eigenvalue weighted by atomic mass is 16.2. The number of aryl methyl sites for hydroxylation is 1. The van der Waals surface area contributed by atoms with Gasteiger partial charge < -0.3 is 5.32 Å². The zero-order valence-electron chi connectivity index (χ0n) is 14.1. The van der Waals surface area contributed by atoms with E-state index in [-0.39, 0.29) is 5.91 Å². The van der Waals surface area contributed by atoms with Gasteiger partial charge in [-0.05, 0) is 31.0 Å². The Balaban J connectivity index is 1.50. The fourth-order valence-electron chi connectivity index (χ4n) is 3.34. The van der Waals surface area contributed by atoms with Crippen LogP contribution in [0.1, 0.15) is 42.2 Å². The normalized spacial score (nSPS) is 14.8. The second kappa shape index (κ2) is 6.51. The molecule has 0 spiro atoms. The van der Waals surface area contributed by atoms with Crippen molar-refractivity contribution in [3.8, 4) is 11.3 Å². The van der Waals surface area contributed by atoms with Gasteiger partial charge >= 0.3 is 0 Å². The fraction of sp³-hybridized carbons (Fsp3) is 0.333. The van der Waals surface area contributed by atoms with Crippen LogP contribution in [0.2, 0.25) is 0 Å². The Morgan fingerprint density at radius 2 is 2.08 bits per heavy atom. The van der Waals surface area contributed by atoms with Crippen LogP contribution >= 0.6 is 0 Å². The summed E-state index contributed by atoms with van der Waals surface area (Å²) in [4.78, 5) is 12.5. The summed E-state index contributed by atoms with van der Waals surface area (Å²) in [5.74, 6) is -0.244. The molecule has 1 amide bonds. The van der Waals surface area contributed by atoms with Gasteiger partial charge in [0, 0.05) is 24.5 Å². The Morgan fingerprint density at radius 1 is 1.24 bits per heavy atom. The average Bonchev–Trinajstić information content (AvgIpc) is 3.36. The molecule has 1 aliphatic rings. The van der Waals surface area contributed by atoms with Gasteiger partial charge in [0.15, 0.2) is 5.69 Å². The van der Waals surface area contributed by atoms with Crippen LogP contribution in [0.4, 0.5) is 5.69 Å². The number of amides is 1. The lowest BCUT2D eigenvalue weighted by Gasteiger charge is -2.07. The Hall–Kier alpha value is -2.96. The van der Waals surface area contributed by atoms with Gasteiger partial charge in [0.25, 0.3) is 5.91 Å². The molecule has 7 heteroatoms. The van der Waals surface area contributed by atoms with E-state index in [1.165, 1.54) is 12.8 Å². The third-order valence-electron chi connectivity index (χ3n) is 4.68. The standard InChI is InChI=1S/C18H20N6O/c1-23-17(9-10-19-23)13-5-4-6-14(11-13)20-18(25)16-12-24(22-21-16)15-7-2-3-8-15/h4-6,9-12,15H,2-3,7-8H2,1H3,(H,20,25). The molecule has 1 aromatic carbocycles. The zero-order chi connectivity index (χ0) is 17.2. The topological polar surface area (TPSA) is 77.6 Å². The number of aromatic nitrogens is 5. The smallest absolute Gasteiger partial charge is 0.277 e. The van der Waals surface area contributed by atoms with E-state index in [1.54, 1.807) is 17.1 Å². The van der Waals surface area contributed by atoms with Crippen molar-refractivity contribution in [1.82, 2.24) is 24.8 Å². The molecule has 0 saturated heterocycles. The molecule has 1 saturated carbocycles. The lowest BCUT2D eigenvalue weighted by Crippen LogP contribution is -2.12. The zero-order valence-corrected chi connectivity index (χ0v) is 14.1. The molecule has 25 heavy (non-hydrogen) atoms. The molecule has 7 nitrogen and oxygen atoms in total. The van der Waals surface area contributed by atoms with Crippen LogP contribution < -0.4 is 5.32 Å². The van der Waals surface area contributed by atoms with Crippen LogP contribution in [0.3, 0.4) is 0 Å². The van der Waals surface area contributed by atoms with E-state index in [1.807, 2.05) is 42.1 Å². The predicted octanol–water partition coefficient (Wildman–Crippen LogP) is 3.05. The maximum Gasteiger partial charge on any atom is 0.277 e. The first-order valence-corrected chi connectivity index (χ1v) is 8.52. The Kier molecular flexibility index (Phi) is 4.05. The van der Waals surface area contributed by atoms with Gasteiger partial charge in [0.2, 0.25) is 0 Å². The van der Waals surface area contributed by atoms with E-state index in [4.69, 9.17) is 0 Å². The lowest BCUT2D eigenvalue weighted by molar-refractivity contribution is 0.102. The van der Waals surface area contributed by atoms with Crippen molar-refractivity contribution in [3.05, 3.63) is 48.4 Å². The number of hydrogen-bond donors (Lipinski definition) is 1. The van der Waals surface area contributed by atoms with Gasteiger partial charge in [-0.25, -0.2) is 4.68 Å². The monoisotopic (exact) mass is 336 g/mol. The first-order chi connectivity index (χ1) is 12.2. The summed E-state index contributed by atoms with van der Waals surface area (Å²) in [6.07, 6.45) is 8.15. The van der Waals surface area contributed by atoms with Gasteiger partial charge in [-0.2, -0.15) is 5.10 Å². The summed E-state index contributed by atoms with van der Waals surface area (Å²) in [7, 11) is 1.89. The Labute approximate surface area is 145 Å². The first kappa shape index (κ1) is 15.6. The molecule has 128 valence electrons. The number of carbonyl (C=O) groups excluding carboxylic acids is 1. The quantitative estimate of drug-likeness (QED) is 0.794. The van der Waals surface area contributed by atoms with Crippen LogP contribution in [0, 0.1) is 0 Å². The number of carbonyl (C=O) groups is 1. The van der Waals surface area contributed by atoms with Crippen molar-refractivity contribution in [1.29, 1.82) is 0 Å². The third-order valence-corrected chi connectivity index (χ3v) is 4.68. The minimum atomic E-state index is -0.244. The van der Waals surface area contributed by atoms with Crippen LogP contribution in [-0.4, -0.2) is 30.7 Å². The van der Waals surface area contributed by atoms with Crippen molar-refractivity contribution in [2.75, 3.05) is 5.32 Å². The minimum absolute atomic E-state index is 0.244. The summed E-state index contributed by atoms with van der Waals surface area (Å²) < 4.78 is 3.63. The number of nitrogens with one attached hydrogen (secondary N) is 1. The summed E-state index contributed by atoms with van der Waals surface area (Å²) in [5, 5.41) is 15.2. The molecule has 0 radical (unpaired) electrons. The average molecular weight is 336 g/mol.